The predicted octanol–water partition coefficient (Wildman–Crippen LogP) is -0.0765. The van der Waals surface area contributed by atoms with E-state index < -0.39 is 12.1 Å². The summed E-state index contributed by atoms with van der Waals surface area (Å²) in [5.41, 5.74) is 0. The van der Waals surface area contributed by atoms with Gasteiger partial charge in [-0.1, -0.05) is 6.92 Å². The first-order valence-electron chi connectivity index (χ1n) is 6.56. The molecule has 1 aromatic rings. The molecular weight excluding hydrogens is 246 g/mol. The Balaban J connectivity index is 2.24. The second-order valence-electron chi connectivity index (χ2n) is 4.61. The quantitative estimate of drug-likeness (QED) is 0.826. The monoisotopic (exact) mass is 265 g/mol. The molecule has 2 heterocycles. The highest BCUT2D eigenvalue weighted by atomic mass is 16.2. The van der Waals surface area contributed by atoms with E-state index >= 15 is 0 Å². The first kappa shape index (κ1) is 13.5. The molecule has 0 aromatic carbocycles. The summed E-state index contributed by atoms with van der Waals surface area (Å²) in [4.78, 5) is 29.9. The van der Waals surface area contributed by atoms with E-state index in [1.54, 1.807) is 16.5 Å². The zero-order valence-electron chi connectivity index (χ0n) is 11.5. The second-order valence-corrected chi connectivity index (χ2v) is 4.61. The number of nitrogens with one attached hydrogen (secondary N) is 1. The summed E-state index contributed by atoms with van der Waals surface area (Å²) >= 11 is 0. The Hall–Kier alpha value is -1.92. The van der Waals surface area contributed by atoms with Gasteiger partial charge in [-0.05, 0) is 20.3 Å². The fourth-order valence-electron chi connectivity index (χ4n) is 2.34. The lowest BCUT2D eigenvalue weighted by atomic mass is 10.1. The summed E-state index contributed by atoms with van der Waals surface area (Å²) in [5, 5.41) is 6.78. The van der Waals surface area contributed by atoms with E-state index in [-0.39, 0.29) is 11.8 Å². The lowest BCUT2D eigenvalue weighted by Crippen LogP contribution is -2.61. The average molecular weight is 265 g/mol. The van der Waals surface area contributed by atoms with Crippen molar-refractivity contribution >= 4 is 11.8 Å². The highest BCUT2D eigenvalue weighted by Crippen LogP contribution is 2.16. The van der Waals surface area contributed by atoms with Crippen molar-refractivity contribution in [3.05, 3.63) is 12.2 Å². The molecule has 1 N–H and O–H groups in total. The topological polar surface area (TPSA) is 80.1 Å². The van der Waals surface area contributed by atoms with E-state index in [0.717, 1.165) is 0 Å². The third-order valence-corrected chi connectivity index (χ3v) is 3.38. The smallest absolute Gasteiger partial charge is 0.245 e. The van der Waals surface area contributed by atoms with Crippen molar-refractivity contribution in [3.63, 3.8) is 0 Å². The zero-order valence-corrected chi connectivity index (χ0v) is 11.5. The maximum Gasteiger partial charge on any atom is 0.245 e. The molecule has 0 bridgehead atoms. The summed E-state index contributed by atoms with van der Waals surface area (Å²) in [6.07, 6.45) is 2.06. The molecule has 2 unspecified atom stereocenters. The molecule has 7 nitrogen and oxygen atoms in total. The lowest BCUT2D eigenvalue weighted by Gasteiger charge is -2.37. The fourth-order valence-corrected chi connectivity index (χ4v) is 2.34. The number of carbonyl (C=O) groups is 2. The minimum absolute atomic E-state index is 0.0721. The third-order valence-electron chi connectivity index (χ3n) is 3.38. The second kappa shape index (κ2) is 5.38. The molecule has 19 heavy (non-hydrogen) atoms. The number of carbonyl (C=O) groups excluding carboxylic acids is 2. The van der Waals surface area contributed by atoms with Gasteiger partial charge < -0.3 is 10.2 Å². The number of aromatic nitrogens is 3. The van der Waals surface area contributed by atoms with Gasteiger partial charge in [0, 0.05) is 6.54 Å². The molecule has 0 saturated carbocycles. The number of nitrogens with zero attached hydrogens (tertiary/aromatic N) is 4. The van der Waals surface area contributed by atoms with Gasteiger partial charge in [0.05, 0.1) is 6.54 Å². The van der Waals surface area contributed by atoms with Gasteiger partial charge in [0.2, 0.25) is 11.8 Å². The third kappa shape index (κ3) is 2.45. The van der Waals surface area contributed by atoms with Crippen molar-refractivity contribution in [2.45, 2.75) is 52.4 Å². The average Bonchev–Trinajstić information content (AvgIpc) is 2.83. The number of piperazine rings is 1. The standard InChI is InChI=1S/C12H19N5O2/c1-4-9-11(18)15-8(3)12(19)16(9)6-10-13-7-14-17(10)5-2/h7-9H,4-6H2,1-3H3,(H,15,18). The molecule has 1 saturated heterocycles. The number of rotatable bonds is 4. The van der Waals surface area contributed by atoms with Crippen molar-refractivity contribution in [1.29, 1.82) is 0 Å². The zero-order chi connectivity index (χ0) is 14.0. The number of aryl methyl sites for hydroxylation is 1. The van der Waals surface area contributed by atoms with Gasteiger partial charge >= 0.3 is 0 Å². The maximum absolute atomic E-state index is 12.2. The molecule has 1 aliphatic rings. The van der Waals surface area contributed by atoms with E-state index in [2.05, 4.69) is 15.4 Å². The molecule has 0 aliphatic carbocycles. The van der Waals surface area contributed by atoms with Crippen molar-refractivity contribution < 1.29 is 9.59 Å². The van der Waals surface area contributed by atoms with E-state index in [1.807, 2.05) is 13.8 Å². The van der Waals surface area contributed by atoms with Crippen LogP contribution >= 0.6 is 0 Å². The molecule has 1 aromatic heterocycles. The minimum atomic E-state index is -0.478. The molecule has 2 rings (SSSR count). The summed E-state index contributed by atoms with van der Waals surface area (Å²) in [7, 11) is 0. The van der Waals surface area contributed by atoms with Crippen molar-refractivity contribution in [2.24, 2.45) is 0 Å². The molecule has 1 aliphatic heterocycles. The van der Waals surface area contributed by atoms with Crippen LogP contribution in [0.5, 0.6) is 0 Å². The van der Waals surface area contributed by atoms with Gasteiger partial charge in [-0.25, -0.2) is 9.67 Å². The molecule has 2 amide bonds. The van der Waals surface area contributed by atoms with E-state index in [0.29, 0.717) is 25.3 Å². The van der Waals surface area contributed by atoms with Crippen molar-refractivity contribution in [1.82, 2.24) is 25.0 Å². The van der Waals surface area contributed by atoms with Gasteiger partial charge in [-0.2, -0.15) is 5.10 Å². The number of amides is 2. The molecule has 104 valence electrons. The number of hydrogen-bond acceptors (Lipinski definition) is 4. The Morgan fingerprint density at radius 2 is 2.11 bits per heavy atom. The first-order chi connectivity index (χ1) is 9.08. The summed E-state index contributed by atoms with van der Waals surface area (Å²) < 4.78 is 1.73. The number of hydrogen-bond donors (Lipinski definition) is 1. The Kier molecular flexibility index (Phi) is 3.82. The van der Waals surface area contributed by atoms with Crippen LogP contribution in [-0.2, 0) is 22.7 Å². The molecule has 0 spiro atoms. The van der Waals surface area contributed by atoms with Gasteiger partial charge in [0.1, 0.15) is 24.2 Å². The van der Waals surface area contributed by atoms with Crippen LogP contribution < -0.4 is 5.32 Å². The van der Waals surface area contributed by atoms with Crippen LogP contribution in [0.3, 0.4) is 0 Å². The van der Waals surface area contributed by atoms with Crippen LogP contribution in [0.15, 0.2) is 6.33 Å². The molecule has 2 atom stereocenters. The van der Waals surface area contributed by atoms with Crippen LogP contribution in [0.2, 0.25) is 0 Å². The minimum Gasteiger partial charge on any atom is -0.343 e. The Morgan fingerprint density at radius 3 is 2.74 bits per heavy atom. The van der Waals surface area contributed by atoms with Gasteiger partial charge in [0.25, 0.3) is 0 Å². The van der Waals surface area contributed by atoms with Crippen LogP contribution in [0, 0.1) is 0 Å². The Labute approximate surface area is 112 Å². The Morgan fingerprint density at radius 1 is 1.37 bits per heavy atom. The first-order valence-corrected chi connectivity index (χ1v) is 6.56. The molecule has 7 heteroatoms. The molecule has 1 fully saturated rings. The van der Waals surface area contributed by atoms with Gasteiger partial charge in [0.15, 0.2) is 0 Å². The van der Waals surface area contributed by atoms with Crippen LogP contribution in [-0.4, -0.2) is 43.6 Å². The highest BCUT2D eigenvalue weighted by molar-refractivity contribution is 5.96. The molecule has 0 radical (unpaired) electrons. The predicted molar refractivity (Wildman–Crippen MR) is 67.9 cm³/mol. The van der Waals surface area contributed by atoms with Gasteiger partial charge in [-0.15, -0.1) is 0 Å². The van der Waals surface area contributed by atoms with Crippen LogP contribution in [0.1, 0.15) is 33.0 Å². The van der Waals surface area contributed by atoms with Crippen LogP contribution in [0.4, 0.5) is 0 Å². The maximum atomic E-state index is 12.2. The van der Waals surface area contributed by atoms with E-state index in [1.165, 1.54) is 6.33 Å². The van der Waals surface area contributed by atoms with Crippen LogP contribution in [0.25, 0.3) is 0 Å². The lowest BCUT2D eigenvalue weighted by molar-refractivity contribution is -0.149. The van der Waals surface area contributed by atoms with E-state index in [4.69, 9.17) is 0 Å². The summed E-state index contributed by atoms with van der Waals surface area (Å²) in [6.45, 7) is 6.57. The largest absolute Gasteiger partial charge is 0.343 e. The highest BCUT2D eigenvalue weighted by Gasteiger charge is 2.37. The SMILES string of the molecule is CCC1C(=O)NC(C)C(=O)N1Cc1ncnn1CC. The van der Waals surface area contributed by atoms with Crippen molar-refractivity contribution in [3.8, 4) is 0 Å². The molecular formula is C12H19N5O2. The van der Waals surface area contributed by atoms with Crippen molar-refractivity contribution in [2.75, 3.05) is 0 Å². The van der Waals surface area contributed by atoms with E-state index in [9.17, 15) is 9.59 Å². The normalized spacial score (nSPS) is 23.6. The fraction of sp³-hybridized carbons (Fsp3) is 0.667. The summed E-state index contributed by atoms with van der Waals surface area (Å²) in [5.74, 6) is 0.533. The summed E-state index contributed by atoms with van der Waals surface area (Å²) in [6, 6.07) is -0.904. The van der Waals surface area contributed by atoms with Gasteiger partial charge in [-0.3, -0.25) is 9.59 Å². The Bertz CT molecular complexity index is 484.